The first-order valence-corrected chi connectivity index (χ1v) is 9.56. The Bertz CT molecular complexity index is 1080. The maximum absolute atomic E-state index is 14.1. The molecule has 1 amide bonds. The highest BCUT2D eigenvalue weighted by Gasteiger charge is 2.25. The molecule has 3 aromatic rings. The van der Waals surface area contributed by atoms with Crippen LogP contribution in [-0.2, 0) is 0 Å². The third-order valence-corrected chi connectivity index (χ3v) is 5.26. The molecule has 3 aromatic carbocycles. The molecule has 0 N–H and O–H groups in total. The van der Waals surface area contributed by atoms with Crippen molar-refractivity contribution >= 4 is 11.6 Å². The first kappa shape index (κ1) is 18.7. The van der Waals surface area contributed by atoms with Crippen molar-refractivity contribution in [3.63, 3.8) is 0 Å². The maximum Gasteiger partial charge on any atom is 0.254 e. The Morgan fingerprint density at radius 2 is 1.45 bits per heavy atom. The molecular formula is C24H20FN3O. The summed E-state index contributed by atoms with van der Waals surface area (Å²) in [6, 6.07) is 23.6. The molecule has 1 saturated heterocycles. The second-order valence-corrected chi connectivity index (χ2v) is 6.93. The number of nitriles is 1. The molecule has 0 atom stereocenters. The fourth-order valence-corrected chi connectivity index (χ4v) is 3.75. The number of carbonyl (C=O) groups excluding carboxylic acids is 1. The van der Waals surface area contributed by atoms with Crippen molar-refractivity contribution in [2.45, 2.75) is 0 Å². The predicted octanol–water partition coefficient (Wildman–Crippen LogP) is 4.33. The van der Waals surface area contributed by atoms with Gasteiger partial charge in [0.05, 0.1) is 17.3 Å². The molecule has 0 radical (unpaired) electrons. The fraction of sp³-hybridized carbons (Fsp3) is 0.167. The van der Waals surface area contributed by atoms with E-state index in [2.05, 4.69) is 6.07 Å². The van der Waals surface area contributed by atoms with Gasteiger partial charge in [-0.1, -0.05) is 48.5 Å². The molecule has 0 aromatic heterocycles. The monoisotopic (exact) mass is 385 g/mol. The van der Waals surface area contributed by atoms with E-state index < -0.39 is 0 Å². The smallest absolute Gasteiger partial charge is 0.254 e. The molecule has 4 rings (SSSR count). The van der Waals surface area contributed by atoms with Gasteiger partial charge in [-0.3, -0.25) is 4.79 Å². The molecule has 1 aliphatic rings. The molecule has 1 aliphatic heterocycles. The molecular weight excluding hydrogens is 365 g/mol. The number of hydrogen-bond donors (Lipinski definition) is 0. The zero-order chi connectivity index (χ0) is 20.2. The predicted molar refractivity (Wildman–Crippen MR) is 111 cm³/mol. The van der Waals surface area contributed by atoms with Gasteiger partial charge >= 0.3 is 0 Å². The van der Waals surface area contributed by atoms with Gasteiger partial charge in [0, 0.05) is 37.3 Å². The second-order valence-electron chi connectivity index (χ2n) is 6.93. The van der Waals surface area contributed by atoms with E-state index >= 15 is 0 Å². The summed E-state index contributed by atoms with van der Waals surface area (Å²) in [5, 5.41) is 9.44. The van der Waals surface area contributed by atoms with E-state index in [0.29, 0.717) is 43.0 Å². The second kappa shape index (κ2) is 8.15. The number of piperazine rings is 1. The van der Waals surface area contributed by atoms with Gasteiger partial charge in [-0.2, -0.15) is 5.26 Å². The van der Waals surface area contributed by atoms with Crippen LogP contribution >= 0.6 is 0 Å². The summed E-state index contributed by atoms with van der Waals surface area (Å²) < 4.78 is 14.1. The van der Waals surface area contributed by atoms with Crippen LogP contribution in [0.3, 0.4) is 0 Å². The van der Waals surface area contributed by atoms with Gasteiger partial charge in [0.2, 0.25) is 0 Å². The van der Waals surface area contributed by atoms with E-state index in [-0.39, 0.29) is 11.7 Å². The molecule has 0 saturated carbocycles. The molecule has 0 bridgehead atoms. The van der Waals surface area contributed by atoms with Gasteiger partial charge in [0.1, 0.15) is 5.82 Å². The molecule has 5 heteroatoms. The lowest BCUT2D eigenvalue weighted by molar-refractivity contribution is 0.0747. The average molecular weight is 385 g/mol. The highest BCUT2D eigenvalue weighted by Crippen LogP contribution is 2.28. The van der Waals surface area contributed by atoms with Crippen LogP contribution < -0.4 is 4.90 Å². The Morgan fingerprint density at radius 3 is 2.17 bits per heavy atom. The lowest BCUT2D eigenvalue weighted by Gasteiger charge is -2.36. The number of benzene rings is 3. The highest BCUT2D eigenvalue weighted by molar-refractivity contribution is 6.01. The number of nitrogens with zero attached hydrogens (tertiary/aromatic N) is 3. The zero-order valence-corrected chi connectivity index (χ0v) is 15.9. The first-order valence-electron chi connectivity index (χ1n) is 9.56. The van der Waals surface area contributed by atoms with E-state index in [9.17, 15) is 14.4 Å². The summed E-state index contributed by atoms with van der Waals surface area (Å²) in [7, 11) is 0. The average Bonchev–Trinajstić information content (AvgIpc) is 2.79. The van der Waals surface area contributed by atoms with E-state index in [1.165, 1.54) is 6.07 Å². The summed E-state index contributed by atoms with van der Waals surface area (Å²) in [6.45, 7) is 2.18. The van der Waals surface area contributed by atoms with Crippen molar-refractivity contribution in [3.05, 3.63) is 89.7 Å². The van der Waals surface area contributed by atoms with Gasteiger partial charge in [0.15, 0.2) is 0 Å². The molecule has 0 spiro atoms. The summed E-state index contributed by atoms with van der Waals surface area (Å²) in [5.41, 5.74) is 3.20. The van der Waals surface area contributed by atoms with Crippen LogP contribution in [0.15, 0.2) is 72.8 Å². The standard InChI is InChI=1S/C24H20FN3O/c25-22-11-5-6-12-23(22)27-13-15-28(16-14-27)24(29)21-10-4-3-9-20(21)19-8-2-1-7-18(19)17-26/h1-12H,13-16H2. The van der Waals surface area contributed by atoms with Gasteiger partial charge < -0.3 is 9.80 Å². The summed E-state index contributed by atoms with van der Waals surface area (Å²) in [4.78, 5) is 17.0. The van der Waals surface area contributed by atoms with Crippen molar-refractivity contribution in [2.75, 3.05) is 31.1 Å². The van der Waals surface area contributed by atoms with Gasteiger partial charge in [-0.25, -0.2) is 4.39 Å². The summed E-state index contributed by atoms with van der Waals surface area (Å²) in [5.74, 6) is -0.313. The third-order valence-electron chi connectivity index (χ3n) is 5.26. The first-order chi connectivity index (χ1) is 14.2. The SMILES string of the molecule is N#Cc1ccccc1-c1ccccc1C(=O)N1CCN(c2ccccc2F)CC1. The number of amides is 1. The lowest BCUT2D eigenvalue weighted by atomic mass is 9.95. The molecule has 0 aliphatic carbocycles. The van der Waals surface area contributed by atoms with E-state index in [1.54, 1.807) is 29.2 Å². The van der Waals surface area contributed by atoms with Crippen molar-refractivity contribution in [3.8, 4) is 17.2 Å². The number of para-hydroxylation sites is 1. The molecule has 1 fully saturated rings. The minimum absolute atomic E-state index is 0.0680. The van der Waals surface area contributed by atoms with E-state index in [4.69, 9.17) is 0 Å². The molecule has 4 nitrogen and oxygen atoms in total. The summed E-state index contributed by atoms with van der Waals surface area (Å²) in [6.07, 6.45) is 0. The fourth-order valence-electron chi connectivity index (χ4n) is 3.75. The number of anilines is 1. The van der Waals surface area contributed by atoms with Gasteiger partial charge in [-0.15, -0.1) is 0 Å². The van der Waals surface area contributed by atoms with Crippen LogP contribution in [0.5, 0.6) is 0 Å². The number of hydrogen-bond acceptors (Lipinski definition) is 3. The number of carbonyl (C=O) groups is 1. The zero-order valence-electron chi connectivity index (χ0n) is 15.9. The molecule has 1 heterocycles. The summed E-state index contributed by atoms with van der Waals surface area (Å²) >= 11 is 0. The quantitative estimate of drug-likeness (QED) is 0.674. The Labute approximate surface area is 169 Å². The maximum atomic E-state index is 14.1. The molecule has 0 unspecified atom stereocenters. The highest BCUT2D eigenvalue weighted by atomic mass is 19.1. The van der Waals surface area contributed by atoms with Crippen LogP contribution in [0, 0.1) is 17.1 Å². The van der Waals surface area contributed by atoms with Crippen LogP contribution in [0.1, 0.15) is 15.9 Å². The lowest BCUT2D eigenvalue weighted by Crippen LogP contribution is -2.49. The van der Waals surface area contributed by atoms with Crippen LogP contribution in [0.4, 0.5) is 10.1 Å². The number of rotatable bonds is 3. The van der Waals surface area contributed by atoms with Crippen LogP contribution in [0.2, 0.25) is 0 Å². The molecule has 144 valence electrons. The van der Waals surface area contributed by atoms with Crippen molar-refractivity contribution in [1.82, 2.24) is 4.90 Å². The third kappa shape index (κ3) is 3.70. The minimum atomic E-state index is -0.245. The van der Waals surface area contributed by atoms with Crippen LogP contribution in [-0.4, -0.2) is 37.0 Å². The Hall–Kier alpha value is -3.65. The van der Waals surface area contributed by atoms with Crippen molar-refractivity contribution < 1.29 is 9.18 Å². The Kier molecular flexibility index (Phi) is 5.26. The van der Waals surface area contributed by atoms with E-state index in [1.807, 2.05) is 47.4 Å². The van der Waals surface area contributed by atoms with Crippen LogP contribution in [0.25, 0.3) is 11.1 Å². The Balaban J connectivity index is 1.56. The topological polar surface area (TPSA) is 47.3 Å². The van der Waals surface area contributed by atoms with Crippen molar-refractivity contribution in [1.29, 1.82) is 5.26 Å². The van der Waals surface area contributed by atoms with E-state index in [0.717, 1.165) is 11.1 Å². The van der Waals surface area contributed by atoms with Gasteiger partial charge in [0.25, 0.3) is 5.91 Å². The number of halogens is 1. The van der Waals surface area contributed by atoms with Gasteiger partial charge in [-0.05, 0) is 29.8 Å². The minimum Gasteiger partial charge on any atom is -0.366 e. The molecule has 29 heavy (non-hydrogen) atoms. The Morgan fingerprint density at radius 1 is 0.828 bits per heavy atom. The van der Waals surface area contributed by atoms with Crippen molar-refractivity contribution in [2.24, 2.45) is 0 Å². The normalized spacial score (nSPS) is 13.8. The largest absolute Gasteiger partial charge is 0.366 e.